The molecule has 47 heavy (non-hydrogen) atoms. The Kier molecular flexibility index (Phi) is 6.82. The number of benzene rings is 6. The predicted molar refractivity (Wildman–Crippen MR) is 203 cm³/mol. The molecule has 0 aliphatic heterocycles. The first-order valence-electron chi connectivity index (χ1n) is 17.2. The molecule has 0 aromatic heterocycles. The van der Waals surface area contributed by atoms with E-state index >= 15 is 0 Å². The Morgan fingerprint density at radius 3 is 1.83 bits per heavy atom. The van der Waals surface area contributed by atoms with Crippen LogP contribution in [0.1, 0.15) is 56.4 Å². The van der Waals surface area contributed by atoms with E-state index in [-0.39, 0.29) is 5.41 Å². The van der Waals surface area contributed by atoms with Gasteiger partial charge in [0.15, 0.2) is 0 Å². The van der Waals surface area contributed by atoms with Gasteiger partial charge in [-0.05, 0) is 0 Å². The quantitative estimate of drug-likeness (QED) is 0.162. The fourth-order valence-electron chi connectivity index (χ4n) is 9.45. The van der Waals surface area contributed by atoms with Gasteiger partial charge in [-0.3, -0.25) is 0 Å². The Morgan fingerprint density at radius 2 is 1.19 bits per heavy atom. The van der Waals surface area contributed by atoms with Crippen molar-refractivity contribution in [2.45, 2.75) is 54.4 Å². The molecule has 0 saturated heterocycles. The molecule has 0 unspecified atom stereocenters. The Balaban J connectivity index is 1.67. The summed E-state index contributed by atoms with van der Waals surface area (Å²) in [6.07, 6.45) is 4.39. The summed E-state index contributed by atoms with van der Waals surface area (Å²) < 4.78 is 11.8. The van der Waals surface area contributed by atoms with Crippen molar-refractivity contribution in [3.63, 3.8) is 0 Å². The van der Waals surface area contributed by atoms with Crippen molar-refractivity contribution < 1.29 is 18.3 Å². The van der Waals surface area contributed by atoms with Crippen molar-refractivity contribution in [3.8, 4) is 11.1 Å². The van der Waals surface area contributed by atoms with Gasteiger partial charge in [-0.1, -0.05) is 0 Å². The molecule has 0 N–H and O–H groups in total. The average molecular weight is 688 g/mol. The summed E-state index contributed by atoms with van der Waals surface area (Å²) in [5.41, 5.74) is 11.2. The summed E-state index contributed by atoms with van der Waals surface area (Å²) in [5, 5.41) is 5.48. The number of allylic oxidation sites excluding steroid dienone is 4. The third-order valence-electron chi connectivity index (χ3n) is 11.5. The van der Waals surface area contributed by atoms with E-state index < -0.39 is 18.3 Å². The molecular formula is C46H44Zr. The molecule has 0 bridgehead atoms. The van der Waals surface area contributed by atoms with Crippen LogP contribution in [0.2, 0.25) is 0 Å². The number of aryl methyl sites for hydroxylation is 2. The molecule has 0 nitrogen and oxygen atoms in total. The van der Waals surface area contributed by atoms with Crippen LogP contribution in [0.4, 0.5) is 0 Å². The minimum atomic E-state index is -5.03. The Morgan fingerprint density at radius 1 is 0.617 bits per heavy atom. The predicted octanol–water partition coefficient (Wildman–Crippen LogP) is 10.2. The van der Waals surface area contributed by atoms with Gasteiger partial charge in [-0.15, -0.1) is 0 Å². The zero-order valence-electron chi connectivity index (χ0n) is 28.7. The zero-order valence-corrected chi connectivity index (χ0v) is 31.1. The summed E-state index contributed by atoms with van der Waals surface area (Å²) in [5.74, 6) is 0. The number of rotatable bonds is 4. The number of hydrogen-bond acceptors (Lipinski definition) is 0. The van der Waals surface area contributed by atoms with Crippen molar-refractivity contribution in [3.05, 3.63) is 158 Å². The maximum absolute atomic E-state index is 5.87. The Bertz CT molecular complexity index is 2340. The molecule has 0 saturated carbocycles. The van der Waals surface area contributed by atoms with Crippen LogP contribution in [-0.2, 0) is 24.7 Å². The molecule has 2 aliphatic rings. The van der Waals surface area contributed by atoms with Gasteiger partial charge < -0.3 is 0 Å². The maximum atomic E-state index is 5.87. The van der Waals surface area contributed by atoms with E-state index in [1.807, 2.05) is 0 Å². The monoisotopic (exact) mass is 686 g/mol. The second-order valence-electron chi connectivity index (χ2n) is 15.3. The van der Waals surface area contributed by atoms with Gasteiger partial charge in [0.05, 0.1) is 0 Å². The topological polar surface area (TPSA) is 0 Å². The first kappa shape index (κ1) is 30.4. The molecule has 6 aromatic rings. The normalized spacial score (nSPS) is 14.9. The molecule has 0 amide bonds. The summed E-state index contributed by atoms with van der Waals surface area (Å²) in [6.45, 7) is 14.0. The van der Waals surface area contributed by atoms with E-state index in [0.717, 1.165) is 12.8 Å². The van der Waals surface area contributed by atoms with Crippen LogP contribution in [0.5, 0.6) is 0 Å². The van der Waals surface area contributed by atoms with Crippen LogP contribution in [-0.4, -0.2) is 4.21 Å². The summed E-state index contributed by atoms with van der Waals surface area (Å²) in [7, 11) is 0. The van der Waals surface area contributed by atoms with E-state index in [4.69, 9.17) is 4.21 Å². The van der Waals surface area contributed by atoms with Crippen LogP contribution in [0.3, 0.4) is 0 Å². The standard InChI is InChI=1S/C21H13.C10H15.2C7H7.CH2.Zr/c1-2-8-15-14(7-1)13-20-18-11-4-3-9-16(18)17-10-5-6-12-19(17)21(15)20;1-8-6-5-7-9(8)10(2,3)4;2*1-7-5-3-2-4-6-7;;/h1-10,12H,13H2;6H,5H2,1-4H3;2*3-6H,1H3;1H2;. The third kappa shape index (κ3) is 4.18. The molecule has 1 heteroatoms. The van der Waals surface area contributed by atoms with Gasteiger partial charge in [0.2, 0.25) is 0 Å². The summed E-state index contributed by atoms with van der Waals surface area (Å²) >= 11 is -5.03. The van der Waals surface area contributed by atoms with Gasteiger partial charge >= 0.3 is 283 Å². The van der Waals surface area contributed by atoms with Crippen LogP contribution >= 0.6 is 0 Å². The molecule has 0 atom stereocenters. The first-order chi connectivity index (χ1) is 22.5. The summed E-state index contributed by atoms with van der Waals surface area (Å²) in [6, 6.07) is 44.5. The molecule has 0 radical (unpaired) electrons. The van der Waals surface area contributed by atoms with Crippen LogP contribution < -0.4 is 9.81 Å². The third-order valence-corrected chi connectivity index (χ3v) is 27.7. The van der Waals surface area contributed by atoms with E-state index in [2.05, 4.69) is 163 Å². The number of fused-ring (bicyclic) bond motifs is 8. The molecule has 0 spiro atoms. The van der Waals surface area contributed by atoms with Crippen molar-refractivity contribution in [1.82, 2.24) is 0 Å². The van der Waals surface area contributed by atoms with Gasteiger partial charge in [0.25, 0.3) is 0 Å². The molecule has 0 heterocycles. The van der Waals surface area contributed by atoms with Crippen molar-refractivity contribution in [1.29, 1.82) is 0 Å². The fourth-order valence-corrected chi connectivity index (χ4v) is 26.1. The summed E-state index contributed by atoms with van der Waals surface area (Å²) in [4.78, 5) is 0. The molecule has 6 aromatic carbocycles. The average Bonchev–Trinajstić information content (AvgIpc) is 3.67. The van der Waals surface area contributed by atoms with Crippen LogP contribution in [0, 0.1) is 19.3 Å². The fraction of sp³-hybridized carbons (Fsp3) is 0.196. The second kappa shape index (κ2) is 10.5. The first-order valence-corrected chi connectivity index (χ1v) is 23.8. The Labute approximate surface area is 281 Å². The van der Waals surface area contributed by atoms with Gasteiger partial charge in [-0.25, -0.2) is 0 Å². The van der Waals surface area contributed by atoms with Crippen molar-refractivity contribution >= 4 is 35.6 Å². The van der Waals surface area contributed by atoms with E-state index in [1.165, 1.54) is 75.9 Å². The zero-order chi connectivity index (χ0) is 32.7. The van der Waals surface area contributed by atoms with Crippen LogP contribution in [0.15, 0.2) is 136 Å². The van der Waals surface area contributed by atoms with Crippen LogP contribution in [0.25, 0.3) is 32.7 Å². The molecule has 8 rings (SSSR count). The molecule has 232 valence electrons. The van der Waals surface area contributed by atoms with E-state index in [0.29, 0.717) is 0 Å². The van der Waals surface area contributed by atoms with Gasteiger partial charge in [-0.2, -0.15) is 0 Å². The molecule has 2 aliphatic carbocycles. The minimum absolute atomic E-state index is 0.0238. The molecular weight excluding hydrogens is 644 g/mol. The SMILES string of the molecule is [CH2]=[Zr]([C]1=C(C(C)(C)C)C(C)=CC1)([c]1ccc(C)cc1)([c]1ccc(C)cc1)[c]1cccc2c1c1c(c3ccccc32)-c2ccccc2C1. The van der Waals surface area contributed by atoms with Gasteiger partial charge in [0.1, 0.15) is 0 Å². The van der Waals surface area contributed by atoms with Crippen molar-refractivity contribution in [2.75, 3.05) is 0 Å². The van der Waals surface area contributed by atoms with E-state index in [9.17, 15) is 0 Å². The Hall–Kier alpha value is -3.93. The second-order valence-corrected chi connectivity index (χ2v) is 28.2. The van der Waals surface area contributed by atoms with Gasteiger partial charge in [0, 0.05) is 0 Å². The van der Waals surface area contributed by atoms with Crippen molar-refractivity contribution in [2.24, 2.45) is 5.41 Å². The number of hydrogen-bond donors (Lipinski definition) is 0. The molecule has 0 fully saturated rings. The van der Waals surface area contributed by atoms with E-state index in [1.54, 1.807) is 3.28 Å².